The van der Waals surface area contributed by atoms with Crippen molar-refractivity contribution >= 4 is 22.6 Å². The van der Waals surface area contributed by atoms with Crippen LogP contribution in [0.3, 0.4) is 0 Å². The number of aromatic nitrogens is 4. The van der Waals surface area contributed by atoms with Crippen LogP contribution in [-0.4, -0.2) is 25.7 Å². The van der Waals surface area contributed by atoms with E-state index in [4.69, 9.17) is 0 Å². The predicted octanol–water partition coefficient (Wildman–Crippen LogP) is 5.17. The average molecular weight is 452 g/mol. The number of hydrogen-bond donors (Lipinski definition) is 1. The zero-order valence-corrected chi connectivity index (χ0v) is 18.6. The lowest BCUT2D eigenvalue weighted by Crippen LogP contribution is -2.19. The maximum Gasteiger partial charge on any atom is 0.246 e. The molecule has 0 aliphatic carbocycles. The minimum atomic E-state index is -0.288. The number of pyridine rings is 2. The molecule has 2 aromatic carbocycles. The third kappa shape index (κ3) is 4.54. The summed E-state index contributed by atoms with van der Waals surface area (Å²) < 4.78 is 15.0. The molecule has 1 N–H and O–H groups in total. The fourth-order valence-corrected chi connectivity index (χ4v) is 4.04. The van der Waals surface area contributed by atoms with Gasteiger partial charge in [0.1, 0.15) is 12.4 Å². The quantitative estimate of drug-likeness (QED) is 0.387. The van der Waals surface area contributed by atoms with E-state index in [0.717, 1.165) is 39.9 Å². The molecule has 5 rings (SSSR count). The monoisotopic (exact) mass is 451 g/mol. The highest BCUT2D eigenvalue weighted by atomic mass is 19.1. The van der Waals surface area contributed by atoms with E-state index >= 15 is 0 Å². The largest absolute Gasteiger partial charge is 0.324 e. The molecule has 0 unspecified atom stereocenters. The Morgan fingerprint density at radius 2 is 1.62 bits per heavy atom. The Kier molecular flexibility index (Phi) is 5.82. The minimum Gasteiger partial charge on any atom is -0.324 e. The van der Waals surface area contributed by atoms with Gasteiger partial charge in [-0.3, -0.25) is 9.78 Å². The molecule has 0 spiro atoms. The van der Waals surface area contributed by atoms with Crippen molar-refractivity contribution in [1.29, 1.82) is 0 Å². The number of halogens is 1. The molecule has 0 atom stereocenters. The topological polar surface area (TPSA) is 72.7 Å². The van der Waals surface area contributed by atoms with Gasteiger partial charge in [-0.05, 0) is 78.1 Å². The fraction of sp³-hybridized carbons (Fsp3) is 0.111. The third-order valence-electron chi connectivity index (χ3n) is 5.65. The molecule has 168 valence electrons. The van der Waals surface area contributed by atoms with Gasteiger partial charge in [0.25, 0.3) is 0 Å². The van der Waals surface area contributed by atoms with Crippen molar-refractivity contribution in [3.05, 3.63) is 108 Å². The van der Waals surface area contributed by atoms with E-state index in [2.05, 4.69) is 20.4 Å². The lowest BCUT2D eigenvalue weighted by Gasteiger charge is -2.08. The van der Waals surface area contributed by atoms with Gasteiger partial charge in [0, 0.05) is 29.7 Å². The first-order valence-corrected chi connectivity index (χ1v) is 10.9. The first-order chi connectivity index (χ1) is 16.6. The smallest absolute Gasteiger partial charge is 0.246 e. The van der Waals surface area contributed by atoms with Crippen molar-refractivity contribution in [1.82, 2.24) is 19.7 Å². The molecule has 0 saturated heterocycles. The van der Waals surface area contributed by atoms with Gasteiger partial charge >= 0.3 is 0 Å². The van der Waals surface area contributed by atoms with E-state index in [9.17, 15) is 9.18 Å². The van der Waals surface area contributed by atoms with E-state index in [1.165, 1.54) is 17.7 Å². The van der Waals surface area contributed by atoms with E-state index in [0.29, 0.717) is 5.65 Å². The van der Waals surface area contributed by atoms with Crippen molar-refractivity contribution in [2.75, 3.05) is 5.32 Å². The molecule has 6 nitrogen and oxygen atoms in total. The maximum absolute atomic E-state index is 13.4. The number of benzene rings is 2. The highest BCUT2D eigenvalue weighted by Gasteiger charge is 2.16. The van der Waals surface area contributed by atoms with Crippen LogP contribution >= 0.6 is 0 Å². The molecule has 5 aromatic rings. The van der Waals surface area contributed by atoms with Crippen LogP contribution in [0.1, 0.15) is 16.8 Å². The fourth-order valence-electron chi connectivity index (χ4n) is 4.04. The summed E-state index contributed by atoms with van der Waals surface area (Å²) in [5.41, 5.74) is 6.19. The first-order valence-electron chi connectivity index (χ1n) is 10.9. The van der Waals surface area contributed by atoms with Gasteiger partial charge in [0.05, 0.1) is 5.69 Å². The summed E-state index contributed by atoms with van der Waals surface area (Å²) in [5.74, 6) is -0.483. The number of aryl methyl sites for hydroxylation is 1. The van der Waals surface area contributed by atoms with Gasteiger partial charge in [-0.25, -0.2) is 14.1 Å². The van der Waals surface area contributed by atoms with Gasteiger partial charge in [0.2, 0.25) is 5.91 Å². The standard InChI is InChI=1S/C27H22FN5O/c1-18-26-24(21-4-6-22(28)7-5-21)12-15-30-27(26)33(32-18)17-25(34)31-23-8-2-19(3-9-23)16-20-10-13-29-14-11-20/h2-15H,16-17H2,1H3,(H,31,34). The summed E-state index contributed by atoms with van der Waals surface area (Å²) in [7, 11) is 0. The minimum absolute atomic E-state index is 0.0307. The summed E-state index contributed by atoms with van der Waals surface area (Å²) in [6.07, 6.45) is 6.04. The van der Waals surface area contributed by atoms with Gasteiger partial charge in [0.15, 0.2) is 5.65 Å². The molecule has 0 fully saturated rings. The molecule has 3 heterocycles. The number of carbonyl (C=O) groups is 1. The van der Waals surface area contributed by atoms with Gasteiger partial charge < -0.3 is 5.32 Å². The second kappa shape index (κ2) is 9.23. The highest BCUT2D eigenvalue weighted by Crippen LogP contribution is 2.30. The van der Waals surface area contributed by atoms with Crippen molar-refractivity contribution < 1.29 is 9.18 Å². The Morgan fingerprint density at radius 3 is 2.35 bits per heavy atom. The van der Waals surface area contributed by atoms with Crippen LogP contribution < -0.4 is 5.32 Å². The molecule has 7 heteroatoms. The van der Waals surface area contributed by atoms with Crippen molar-refractivity contribution in [3.63, 3.8) is 0 Å². The predicted molar refractivity (Wildman–Crippen MR) is 130 cm³/mol. The number of anilines is 1. The third-order valence-corrected chi connectivity index (χ3v) is 5.65. The highest BCUT2D eigenvalue weighted by molar-refractivity contribution is 5.96. The number of fused-ring (bicyclic) bond motifs is 1. The summed E-state index contributed by atoms with van der Waals surface area (Å²) >= 11 is 0. The summed E-state index contributed by atoms with van der Waals surface area (Å²) in [4.78, 5) is 21.3. The van der Waals surface area contributed by atoms with Crippen LogP contribution in [0.4, 0.5) is 10.1 Å². The Hall–Kier alpha value is -4.39. The van der Waals surface area contributed by atoms with Crippen LogP contribution in [0.2, 0.25) is 0 Å². The van der Waals surface area contributed by atoms with E-state index in [1.54, 1.807) is 35.4 Å². The van der Waals surface area contributed by atoms with E-state index < -0.39 is 0 Å². The molecule has 0 aliphatic heterocycles. The van der Waals surface area contributed by atoms with Crippen molar-refractivity contribution in [2.24, 2.45) is 0 Å². The number of nitrogens with one attached hydrogen (secondary N) is 1. The molecule has 0 bridgehead atoms. The molecule has 3 aromatic heterocycles. The lowest BCUT2D eigenvalue weighted by molar-refractivity contribution is -0.116. The van der Waals surface area contributed by atoms with Crippen LogP contribution in [0.5, 0.6) is 0 Å². The molecular weight excluding hydrogens is 429 g/mol. The molecule has 0 saturated carbocycles. The molecule has 0 aliphatic rings. The van der Waals surface area contributed by atoms with E-state index in [-0.39, 0.29) is 18.3 Å². The number of hydrogen-bond acceptors (Lipinski definition) is 4. The normalized spacial score (nSPS) is 11.0. The van der Waals surface area contributed by atoms with Crippen LogP contribution in [-0.2, 0) is 17.8 Å². The molecule has 34 heavy (non-hydrogen) atoms. The Labute approximate surface area is 196 Å². The maximum atomic E-state index is 13.4. The zero-order chi connectivity index (χ0) is 23.5. The summed E-state index contributed by atoms with van der Waals surface area (Å²) in [5, 5.41) is 8.33. The van der Waals surface area contributed by atoms with Crippen molar-refractivity contribution in [2.45, 2.75) is 19.9 Å². The average Bonchev–Trinajstić information content (AvgIpc) is 3.17. The zero-order valence-electron chi connectivity index (χ0n) is 18.6. The number of amides is 1. The molecule has 0 radical (unpaired) electrons. The van der Waals surface area contributed by atoms with E-state index in [1.807, 2.05) is 49.4 Å². The van der Waals surface area contributed by atoms with Crippen LogP contribution in [0.15, 0.2) is 85.3 Å². The van der Waals surface area contributed by atoms with Crippen LogP contribution in [0.25, 0.3) is 22.2 Å². The Balaban J connectivity index is 1.32. The SMILES string of the molecule is Cc1nn(CC(=O)Nc2ccc(Cc3ccncc3)cc2)c2nccc(-c3ccc(F)cc3)c12. The van der Waals surface area contributed by atoms with Crippen molar-refractivity contribution in [3.8, 4) is 11.1 Å². The molecular formula is C27H22FN5O. The summed E-state index contributed by atoms with van der Waals surface area (Å²) in [6, 6.07) is 20.0. The summed E-state index contributed by atoms with van der Waals surface area (Å²) in [6.45, 7) is 1.91. The van der Waals surface area contributed by atoms with Gasteiger partial charge in [-0.2, -0.15) is 5.10 Å². The Morgan fingerprint density at radius 1 is 0.912 bits per heavy atom. The number of nitrogens with zero attached hydrogens (tertiary/aromatic N) is 4. The second-order valence-corrected chi connectivity index (χ2v) is 8.08. The van der Waals surface area contributed by atoms with Gasteiger partial charge in [-0.15, -0.1) is 0 Å². The molecule has 1 amide bonds. The number of carbonyl (C=O) groups excluding carboxylic acids is 1. The Bertz CT molecular complexity index is 1440. The first kappa shape index (κ1) is 21.5. The lowest BCUT2D eigenvalue weighted by atomic mass is 10.0. The van der Waals surface area contributed by atoms with Crippen LogP contribution in [0, 0.1) is 12.7 Å². The van der Waals surface area contributed by atoms with Gasteiger partial charge in [-0.1, -0.05) is 24.3 Å². The second-order valence-electron chi connectivity index (χ2n) is 8.08. The number of rotatable bonds is 6.